The molecule has 0 aliphatic rings. The molecule has 3 N–H and O–H groups in total. The van der Waals surface area contributed by atoms with Crippen molar-refractivity contribution >= 4 is 5.91 Å². The van der Waals surface area contributed by atoms with E-state index >= 15 is 0 Å². The predicted octanol–water partition coefficient (Wildman–Crippen LogP) is 1.21. The zero-order valence-electron chi connectivity index (χ0n) is 9.29. The molecule has 0 saturated heterocycles. The van der Waals surface area contributed by atoms with Gasteiger partial charge in [-0.3, -0.25) is 4.79 Å². The number of nitrogens with two attached hydrogens (primary N) is 1. The summed E-state index contributed by atoms with van der Waals surface area (Å²) in [5.74, 6) is -0.103. The number of aryl methyl sites for hydroxylation is 1. The summed E-state index contributed by atoms with van der Waals surface area (Å²) in [5, 5.41) is 2.86. The van der Waals surface area contributed by atoms with Crippen LogP contribution in [0.25, 0.3) is 0 Å². The Morgan fingerprint density at radius 1 is 1.53 bits per heavy atom. The second-order valence-electron chi connectivity index (χ2n) is 3.84. The van der Waals surface area contributed by atoms with Crippen molar-refractivity contribution in [3.05, 3.63) is 35.4 Å². The fourth-order valence-electron chi connectivity index (χ4n) is 1.29. The lowest BCUT2D eigenvalue weighted by Gasteiger charge is -2.10. The van der Waals surface area contributed by atoms with Gasteiger partial charge in [0.1, 0.15) is 0 Å². The number of carbonyl (C=O) groups is 1. The standard InChI is InChI=1S/C12H18N2O/c1-9-4-3-5-11(6-9)8-14-12(15)10(2)7-13/h3-6,10H,7-8,13H2,1-2H3,(H,14,15). The normalized spacial score (nSPS) is 12.2. The first-order valence-electron chi connectivity index (χ1n) is 5.17. The summed E-state index contributed by atoms with van der Waals surface area (Å²) in [6.07, 6.45) is 0. The minimum absolute atomic E-state index is 0.0130. The number of hydrogen-bond donors (Lipinski definition) is 2. The fraction of sp³-hybridized carbons (Fsp3) is 0.417. The first kappa shape index (κ1) is 11.7. The summed E-state index contributed by atoms with van der Waals surface area (Å²) in [4.78, 5) is 11.4. The highest BCUT2D eigenvalue weighted by Gasteiger charge is 2.09. The van der Waals surface area contributed by atoms with Crippen LogP contribution in [0.5, 0.6) is 0 Å². The molecule has 0 bridgehead atoms. The van der Waals surface area contributed by atoms with Crippen molar-refractivity contribution in [3.63, 3.8) is 0 Å². The van der Waals surface area contributed by atoms with Crippen LogP contribution in [0, 0.1) is 12.8 Å². The van der Waals surface area contributed by atoms with Crippen LogP contribution >= 0.6 is 0 Å². The number of hydrogen-bond acceptors (Lipinski definition) is 2. The molecule has 1 amide bonds. The van der Waals surface area contributed by atoms with Crippen LogP contribution in [0.3, 0.4) is 0 Å². The van der Waals surface area contributed by atoms with E-state index in [1.165, 1.54) is 5.56 Å². The zero-order chi connectivity index (χ0) is 11.3. The number of amides is 1. The smallest absolute Gasteiger partial charge is 0.224 e. The Kier molecular flexibility index (Phi) is 4.31. The van der Waals surface area contributed by atoms with Crippen molar-refractivity contribution in [2.75, 3.05) is 6.54 Å². The number of carbonyl (C=O) groups excluding carboxylic acids is 1. The number of benzene rings is 1. The summed E-state index contributed by atoms with van der Waals surface area (Å²) in [7, 11) is 0. The maximum Gasteiger partial charge on any atom is 0.224 e. The maximum absolute atomic E-state index is 11.4. The van der Waals surface area contributed by atoms with Gasteiger partial charge in [-0.2, -0.15) is 0 Å². The van der Waals surface area contributed by atoms with Crippen LogP contribution in [-0.4, -0.2) is 12.5 Å². The Hall–Kier alpha value is -1.35. The minimum atomic E-state index is -0.116. The van der Waals surface area contributed by atoms with Crippen molar-refractivity contribution in [1.29, 1.82) is 0 Å². The molecule has 0 aromatic heterocycles. The van der Waals surface area contributed by atoms with E-state index in [1.54, 1.807) is 0 Å². The first-order valence-corrected chi connectivity index (χ1v) is 5.17. The number of rotatable bonds is 4. The number of nitrogens with one attached hydrogen (secondary N) is 1. The summed E-state index contributed by atoms with van der Waals surface area (Å²) < 4.78 is 0. The predicted molar refractivity (Wildman–Crippen MR) is 61.2 cm³/mol. The molecule has 0 saturated carbocycles. The minimum Gasteiger partial charge on any atom is -0.352 e. The van der Waals surface area contributed by atoms with Crippen LogP contribution in [0.2, 0.25) is 0 Å². The fourth-order valence-corrected chi connectivity index (χ4v) is 1.29. The molecule has 82 valence electrons. The molecule has 15 heavy (non-hydrogen) atoms. The van der Waals surface area contributed by atoms with Crippen molar-refractivity contribution in [2.24, 2.45) is 11.7 Å². The summed E-state index contributed by atoms with van der Waals surface area (Å²) in [5.41, 5.74) is 7.73. The largest absolute Gasteiger partial charge is 0.352 e. The van der Waals surface area contributed by atoms with Crippen molar-refractivity contribution in [1.82, 2.24) is 5.32 Å². The average molecular weight is 206 g/mol. The Morgan fingerprint density at radius 2 is 2.27 bits per heavy atom. The highest BCUT2D eigenvalue weighted by atomic mass is 16.1. The van der Waals surface area contributed by atoms with Gasteiger partial charge in [-0.15, -0.1) is 0 Å². The molecule has 1 rings (SSSR count). The molecule has 0 aliphatic heterocycles. The van der Waals surface area contributed by atoms with Gasteiger partial charge in [0, 0.05) is 19.0 Å². The van der Waals surface area contributed by atoms with Crippen molar-refractivity contribution in [3.8, 4) is 0 Å². The summed E-state index contributed by atoms with van der Waals surface area (Å²) in [6.45, 7) is 4.82. The van der Waals surface area contributed by atoms with E-state index in [9.17, 15) is 4.79 Å². The molecule has 3 heteroatoms. The third-order valence-electron chi connectivity index (χ3n) is 2.35. The topological polar surface area (TPSA) is 55.1 Å². The molecule has 1 aromatic rings. The third kappa shape index (κ3) is 3.72. The third-order valence-corrected chi connectivity index (χ3v) is 2.35. The lowest BCUT2D eigenvalue weighted by molar-refractivity contribution is -0.124. The molecule has 0 aliphatic carbocycles. The van der Waals surface area contributed by atoms with Gasteiger partial charge in [-0.1, -0.05) is 36.8 Å². The van der Waals surface area contributed by atoms with E-state index in [2.05, 4.69) is 11.4 Å². The maximum atomic E-state index is 11.4. The summed E-state index contributed by atoms with van der Waals surface area (Å²) >= 11 is 0. The Morgan fingerprint density at radius 3 is 2.87 bits per heavy atom. The van der Waals surface area contributed by atoms with Crippen LogP contribution < -0.4 is 11.1 Å². The van der Waals surface area contributed by atoms with Gasteiger partial charge in [0.25, 0.3) is 0 Å². The second-order valence-corrected chi connectivity index (χ2v) is 3.84. The van der Waals surface area contributed by atoms with Crippen molar-refractivity contribution in [2.45, 2.75) is 20.4 Å². The van der Waals surface area contributed by atoms with E-state index < -0.39 is 0 Å². The van der Waals surface area contributed by atoms with Gasteiger partial charge in [-0.25, -0.2) is 0 Å². The molecule has 0 heterocycles. The molecular weight excluding hydrogens is 188 g/mol. The molecule has 1 atom stereocenters. The Balaban J connectivity index is 2.47. The highest BCUT2D eigenvalue weighted by molar-refractivity contribution is 5.78. The first-order chi connectivity index (χ1) is 7.13. The highest BCUT2D eigenvalue weighted by Crippen LogP contribution is 2.03. The lowest BCUT2D eigenvalue weighted by atomic mass is 10.1. The monoisotopic (exact) mass is 206 g/mol. The molecule has 1 aromatic carbocycles. The van der Waals surface area contributed by atoms with E-state index in [0.29, 0.717) is 13.1 Å². The van der Waals surface area contributed by atoms with Gasteiger partial charge in [0.2, 0.25) is 5.91 Å². The molecular formula is C12H18N2O. The van der Waals surface area contributed by atoms with Crippen LogP contribution in [0.15, 0.2) is 24.3 Å². The second kappa shape index (κ2) is 5.51. The molecule has 0 spiro atoms. The Bertz CT molecular complexity index is 336. The van der Waals surface area contributed by atoms with E-state index in [4.69, 9.17) is 5.73 Å². The van der Waals surface area contributed by atoms with E-state index in [1.807, 2.05) is 32.0 Å². The molecule has 0 radical (unpaired) electrons. The zero-order valence-corrected chi connectivity index (χ0v) is 9.29. The average Bonchev–Trinajstić information content (AvgIpc) is 2.25. The quantitative estimate of drug-likeness (QED) is 0.778. The van der Waals surface area contributed by atoms with Gasteiger partial charge in [0.15, 0.2) is 0 Å². The van der Waals surface area contributed by atoms with Crippen LogP contribution in [0.1, 0.15) is 18.1 Å². The SMILES string of the molecule is Cc1cccc(CNC(=O)C(C)CN)c1. The van der Waals surface area contributed by atoms with E-state index in [0.717, 1.165) is 5.56 Å². The van der Waals surface area contributed by atoms with Crippen molar-refractivity contribution < 1.29 is 4.79 Å². The van der Waals surface area contributed by atoms with Crippen LogP contribution in [0.4, 0.5) is 0 Å². The van der Waals surface area contributed by atoms with Crippen LogP contribution in [-0.2, 0) is 11.3 Å². The molecule has 1 unspecified atom stereocenters. The Labute approximate surface area is 90.7 Å². The molecule has 3 nitrogen and oxygen atoms in total. The van der Waals surface area contributed by atoms with Gasteiger partial charge >= 0.3 is 0 Å². The van der Waals surface area contributed by atoms with Gasteiger partial charge < -0.3 is 11.1 Å². The molecule has 0 fully saturated rings. The lowest BCUT2D eigenvalue weighted by Crippen LogP contribution is -2.32. The summed E-state index contributed by atoms with van der Waals surface area (Å²) in [6, 6.07) is 8.09. The van der Waals surface area contributed by atoms with Gasteiger partial charge in [0.05, 0.1) is 0 Å². The van der Waals surface area contributed by atoms with E-state index in [-0.39, 0.29) is 11.8 Å². The van der Waals surface area contributed by atoms with Gasteiger partial charge in [-0.05, 0) is 12.5 Å².